The molecule has 0 aliphatic carbocycles. The van der Waals surface area contributed by atoms with Gasteiger partial charge in [-0.1, -0.05) is 0 Å². The van der Waals surface area contributed by atoms with Crippen LogP contribution in [-0.2, 0) is 10.0 Å². The van der Waals surface area contributed by atoms with E-state index in [-0.39, 0.29) is 10.9 Å². The molecular weight excluding hydrogens is 306 g/mol. The molecular formula is C14H15N3O4S. The van der Waals surface area contributed by atoms with Gasteiger partial charge in [0.2, 0.25) is 10.0 Å². The summed E-state index contributed by atoms with van der Waals surface area (Å²) in [6, 6.07) is 12.2. The van der Waals surface area contributed by atoms with Crippen LogP contribution in [0.5, 0.6) is 11.5 Å². The molecule has 4 N–H and O–H groups in total. The van der Waals surface area contributed by atoms with Crippen molar-refractivity contribution >= 4 is 21.7 Å². The van der Waals surface area contributed by atoms with Crippen LogP contribution in [0.2, 0.25) is 0 Å². The normalized spacial score (nSPS) is 10.8. The number of sulfonamides is 1. The highest BCUT2D eigenvalue weighted by molar-refractivity contribution is 7.89. The number of hydrogen-bond acceptors (Lipinski definition) is 4. The molecule has 0 bridgehead atoms. The van der Waals surface area contributed by atoms with Gasteiger partial charge in [0.25, 0.3) is 0 Å². The van der Waals surface area contributed by atoms with Crippen LogP contribution in [-0.4, -0.2) is 21.5 Å². The van der Waals surface area contributed by atoms with Crippen LogP contribution in [0, 0.1) is 0 Å². The number of hydrogen-bond donors (Lipinski definition) is 3. The van der Waals surface area contributed by atoms with E-state index in [0.717, 1.165) is 0 Å². The number of primary sulfonamides is 1. The number of ether oxygens (including phenoxy) is 1. The van der Waals surface area contributed by atoms with E-state index in [1.54, 1.807) is 24.3 Å². The lowest BCUT2D eigenvalue weighted by Crippen LogP contribution is -2.24. The lowest BCUT2D eigenvalue weighted by molar-refractivity contribution is 0.254. The van der Waals surface area contributed by atoms with Crippen molar-refractivity contribution in [3.05, 3.63) is 48.5 Å². The summed E-state index contributed by atoms with van der Waals surface area (Å²) >= 11 is 0. The summed E-state index contributed by atoms with van der Waals surface area (Å²) in [6.07, 6.45) is 0. The summed E-state index contributed by atoms with van der Waals surface area (Å²) in [5.74, 6) is 1.02. The molecule has 0 radical (unpaired) electrons. The summed E-state index contributed by atoms with van der Waals surface area (Å²) in [5.41, 5.74) is 0.622. The second-order valence-electron chi connectivity index (χ2n) is 4.35. The molecule has 22 heavy (non-hydrogen) atoms. The van der Waals surface area contributed by atoms with Crippen molar-refractivity contribution < 1.29 is 17.9 Å². The van der Waals surface area contributed by atoms with Gasteiger partial charge in [0, 0.05) is 12.7 Å². The largest absolute Gasteiger partial charge is 0.457 e. The topological polar surface area (TPSA) is 111 Å². The minimum atomic E-state index is -3.71. The zero-order chi connectivity index (χ0) is 16.2. The van der Waals surface area contributed by atoms with Gasteiger partial charge in [-0.15, -0.1) is 0 Å². The Morgan fingerprint density at radius 2 is 1.50 bits per heavy atom. The van der Waals surface area contributed by atoms with E-state index < -0.39 is 10.0 Å². The van der Waals surface area contributed by atoms with Gasteiger partial charge in [-0.3, -0.25) is 0 Å². The predicted octanol–water partition coefficient (Wildman–Crippen LogP) is 1.88. The molecule has 2 amide bonds. The molecule has 2 aromatic carbocycles. The first kappa shape index (κ1) is 15.8. The Hall–Kier alpha value is -2.58. The van der Waals surface area contributed by atoms with Crippen molar-refractivity contribution in [2.75, 3.05) is 12.4 Å². The minimum Gasteiger partial charge on any atom is -0.457 e. The molecule has 0 aliphatic rings. The van der Waals surface area contributed by atoms with Gasteiger partial charge in [0.05, 0.1) is 4.90 Å². The van der Waals surface area contributed by atoms with Gasteiger partial charge in [0.1, 0.15) is 11.5 Å². The Labute approximate surface area is 128 Å². The second-order valence-corrected chi connectivity index (χ2v) is 5.91. The zero-order valence-corrected chi connectivity index (χ0v) is 12.6. The average molecular weight is 321 g/mol. The molecule has 0 atom stereocenters. The zero-order valence-electron chi connectivity index (χ0n) is 11.7. The molecule has 0 fully saturated rings. The quantitative estimate of drug-likeness (QED) is 0.798. The molecule has 0 heterocycles. The number of anilines is 1. The Morgan fingerprint density at radius 3 is 1.95 bits per heavy atom. The van der Waals surface area contributed by atoms with Crippen molar-refractivity contribution in [3.63, 3.8) is 0 Å². The van der Waals surface area contributed by atoms with Crippen LogP contribution in [0.25, 0.3) is 0 Å². The van der Waals surface area contributed by atoms with Gasteiger partial charge in [-0.2, -0.15) is 0 Å². The average Bonchev–Trinajstić information content (AvgIpc) is 2.49. The summed E-state index contributed by atoms with van der Waals surface area (Å²) in [7, 11) is -2.19. The number of benzene rings is 2. The molecule has 0 aromatic heterocycles. The first-order valence-corrected chi connectivity index (χ1v) is 7.82. The van der Waals surface area contributed by atoms with Crippen molar-refractivity contribution in [1.82, 2.24) is 5.32 Å². The molecule has 7 nitrogen and oxygen atoms in total. The third kappa shape index (κ3) is 4.21. The third-order valence-corrected chi connectivity index (χ3v) is 3.66. The third-order valence-electron chi connectivity index (χ3n) is 2.73. The van der Waals surface area contributed by atoms with Crippen LogP contribution in [0.4, 0.5) is 10.5 Å². The first-order valence-electron chi connectivity index (χ1n) is 6.28. The van der Waals surface area contributed by atoms with Crippen molar-refractivity contribution in [1.29, 1.82) is 0 Å². The predicted molar refractivity (Wildman–Crippen MR) is 82.4 cm³/mol. The summed E-state index contributed by atoms with van der Waals surface area (Å²) in [6.45, 7) is 0. The van der Waals surface area contributed by atoms with Gasteiger partial charge >= 0.3 is 6.03 Å². The van der Waals surface area contributed by atoms with Crippen LogP contribution in [0.3, 0.4) is 0 Å². The van der Waals surface area contributed by atoms with E-state index in [4.69, 9.17) is 9.88 Å². The number of urea groups is 1. The van der Waals surface area contributed by atoms with Gasteiger partial charge in [-0.25, -0.2) is 18.4 Å². The van der Waals surface area contributed by atoms with E-state index in [1.807, 2.05) is 0 Å². The SMILES string of the molecule is CNC(=O)Nc1ccc(Oc2ccc(S(N)(=O)=O)cc2)cc1. The van der Waals surface area contributed by atoms with Crippen LogP contribution >= 0.6 is 0 Å². The van der Waals surface area contributed by atoms with Gasteiger partial charge in [0.15, 0.2) is 0 Å². The maximum atomic E-state index is 11.2. The molecule has 0 saturated heterocycles. The fraction of sp³-hybridized carbons (Fsp3) is 0.0714. The molecule has 116 valence electrons. The fourth-order valence-electron chi connectivity index (χ4n) is 1.63. The monoisotopic (exact) mass is 321 g/mol. The molecule has 0 spiro atoms. The van der Waals surface area contributed by atoms with Crippen molar-refractivity contribution in [2.24, 2.45) is 5.14 Å². The molecule has 0 unspecified atom stereocenters. The second kappa shape index (κ2) is 6.46. The van der Waals surface area contributed by atoms with E-state index in [9.17, 15) is 13.2 Å². The highest BCUT2D eigenvalue weighted by atomic mass is 32.2. The number of nitrogens with two attached hydrogens (primary N) is 1. The van der Waals surface area contributed by atoms with Crippen LogP contribution < -0.4 is 20.5 Å². The van der Waals surface area contributed by atoms with Crippen LogP contribution in [0.15, 0.2) is 53.4 Å². The molecule has 0 aliphatic heterocycles. The van der Waals surface area contributed by atoms with E-state index in [0.29, 0.717) is 17.2 Å². The van der Waals surface area contributed by atoms with E-state index in [1.165, 1.54) is 31.3 Å². The van der Waals surface area contributed by atoms with E-state index in [2.05, 4.69) is 10.6 Å². The molecule has 0 saturated carbocycles. The van der Waals surface area contributed by atoms with E-state index >= 15 is 0 Å². The number of carbonyl (C=O) groups is 1. The van der Waals surface area contributed by atoms with Crippen molar-refractivity contribution in [3.8, 4) is 11.5 Å². The maximum Gasteiger partial charge on any atom is 0.318 e. The highest BCUT2D eigenvalue weighted by Gasteiger charge is 2.07. The standard InChI is InChI=1S/C14H15N3O4S/c1-16-14(18)17-10-2-4-11(5-3-10)21-12-6-8-13(9-7-12)22(15,19)20/h2-9H,1H3,(H2,15,19,20)(H2,16,17,18). The van der Waals surface area contributed by atoms with Gasteiger partial charge in [-0.05, 0) is 48.5 Å². The lowest BCUT2D eigenvalue weighted by atomic mass is 10.3. The van der Waals surface area contributed by atoms with Crippen LogP contribution in [0.1, 0.15) is 0 Å². The number of amides is 2. The maximum absolute atomic E-state index is 11.2. The first-order chi connectivity index (χ1) is 10.4. The summed E-state index contributed by atoms with van der Waals surface area (Å²) < 4.78 is 27.9. The Bertz CT molecular complexity index is 756. The molecule has 2 aromatic rings. The number of carbonyl (C=O) groups excluding carboxylic acids is 1. The smallest absolute Gasteiger partial charge is 0.318 e. The highest BCUT2D eigenvalue weighted by Crippen LogP contribution is 2.24. The summed E-state index contributed by atoms with van der Waals surface area (Å²) in [5, 5.41) is 10.1. The summed E-state index contributed by atoms with van der Waals surface area (Å²) in [4.78, 5) is 11.2. The number of nitrogens with one attached hydrogen (secondary N) is 2. The fourth-order valence-corrected chi connectivity index (χ4v) is 2.15. The van der Waals surface area contributed by atoms with Gasteiger partial charge < -0.3 is 15.4 Å². The molecule has 8 heteroatoms. The number of rotatable bonds is 4. The molecule has 2 rings (SSSR count). The Morgan fingerprint density at radius 1 is 1.00 bits per heavy atom. The minimum absolute atomic E-state index is 0.0185. The Balaban J connectivity index is 2.06. The Kier molecular flexibility index (Phi) is 4.64. The lowest BCUT2D eigenvalue weighted by Gasteiger charge is -2.08. The van der Waals surface area contributed by atoms with Crippen molar-refractivity contribution in [2.45, 2.75) is 4.90 Å².